The van der Waals surface area contributed by atoms with Crippen LogP contribution in [-0.4, -0.2) is 54.9 Å². The average molecular weight is 443 g/mol. The highest BCUT2D eigenvalue weighted by Crippen LogP contribution is 2.32. The third-order valence-electron chi connectivity index (χ3n) is 4.64. The molecular formula is C21H26Cl3N3O. The smallest absolute Gasteiger partial charge is 0.119 e. The van der Waals surface area contributed by atoms with Crippen molar-refractivity contribution < 1.29 is 4.74 Å². The summed E-state index contributed by atoms with van der Waals surface area (Å²) in [6.07, 6.45) is 1.01. The van der Waals surface area contributed by atoms with Crippen LogP contribution in [-0.2, 0) is 0 Å². The topological polar surface area (TPSA) is 37.4 Å². The van der Waals surface area contributed by atoms with E-state index in [0.717, 1.165) is 65.8 Å². The predicted octanol–water partition coefficient (Wildman–Crippen LogP) is 5.40. The Balaban J connectivity index is 0.00000280. The van der Waals surface area contributed by atoms with E-state index >= 15 is 0 Å². The van der Waals surface area contributed by atoms with Crippen LogP contribution in [0.2, 0.25) is 0 Å². The molecule has 152 valence electrons. The minimum atomic E-state index is 0. The summed E-state index contributed by atoms with van der Waals surface area (Å²) in [4.78, 5) is 7.08. The first-order chi connectivity index (χ1) is 13.3. The lowest BCUT2D eigenvalue weighted by atomic mass is 10.1. The number of aromatic nitrogens is 1. The maximum Gasteiger partial charge on any atom is 0.119 e. The Labute approximate surface area is 182 Å². The van der Waals surface area contributed by atoms with Gasteiger partial charge in [-0.15, -0.1) is 35.6 Å². The van der Waals surface area contributed by atoms with Crippen LogP contribution in [0.4, 0.5) is 5.69 Å². The van der Waals surface area contributed by atoms with Crippen molar-refractivity contribution in [2.24, 2.45) is 0 Å². The van der Waals surface area contributed by atoms with Crippen molar-refractivity contribution in [2.75, 3.05) is 50.4 Å². The fraction of sp³-hybridized carbons (Fsp3) is 0.381. The second-order valence-electron chi connectivity index (χ2n) is 6.39. The Bertz CT molecular complexity index is 885. The molecule has 0 fully saturated rings. The normalized spacial score (nSPS) is 11.0. The standard InChI is InChI=1S/C21H25Cl2N3O.ClH/c1-27-16-7-8-20-18(15-16)21(17-5-2-3-6-19(17)25-20)24-11-4-12-26(13-9-22)14-10-23;/h2-3,5-8,15H,4,9-14H2,1H3,(H,24,25);1H. The first-order valence-corrected chi connectivity index (χ1v) is 10.3. The van der Waals surface area contributed by atoms with E-state index in [9.17, 15) is 0 Å². The highest BCUT2D eigenvalue weighted by Gasteiger charge is 2.10. The molecule has 0 saturated heterocycles. The van der Waals surface area contributed by atoms with Crippen molar-refractivity contribution in [1.82, 2.24) is 9.88 Å². The lowest BCUT2D eigenvalue weighted by Crippen LogP contribution is -2.30. The van der Waals surface area contributed by atoms with Gasteiger partial charge < -0.3 is 15.0 Å². The zero-order valence-electron chi connectivity index (χ0n) is 16.0. The molecule has 7 heteroatoms. The summed E-state index contributed by atoms with van der Waals surface area (Å²) in [7, 11) is 1.69. The van der Waals surface area contributed by atoms with Crippen LogP contribution in [0.3, 0.4) is 0 Å². The van der Waals surface area contributed by atoms with Gasteiger partial charge in [-0.05, 0) is 37.2 Å². The number of rotatable bonds is 10. The first-order valence-electron chi connectivity index (χ1n) is 9.21. The van der Waals surface area contributed by atoms with E-state index in [1.165, 1.54) is 0 Å². The summed E-state index contributed by atoms with van der Waals surface area (Å²) in [5.41, 5.74) is 3.06. The fourth-order valence-corrected chi connectivity index (χ4v) is 3.76. The van der Waals surface area contributed by atoms with E-state index in [0.29, 0.717) is 11.8 Å². The van der Waals surface area contributed by atoms with Gasteiger partial charge in [-0.1, -0.05) is 18.2 Å². The molecule has 0 unspecified atom stereocenters. The number of pyridine rings is 1. The molecule has 0 radical (unpaired) electrons. The third kappa shape index (κ3) is 5.54. The number of benzene rings is 2. The minimum Gasteiger partial charge on any atom is -0.497 e. The number of hydrogen-bond donors (Lipinski definition) is 1. The van der Waals surface area contributed by atoms with Gasteiger partial charge in [-0.2, -0.15) is 0 Å². The second kappa shape index (κ2) is 11.5. The summed E-state index contributed by atoms with van der Waals surface area (Å²) >= 11 is 11.8. The SMILES string of the molecule is COc1ccc2nc3ccccc3c(NCCCN(CCCl)CCCl)c2c1.Cl. The number of halogens is 3. The fourth-order valence-electron chi connectivity index (χ4n) is 3.28. The van der Waals surface area contributed by atoms with Gasteiger partial charge in [0.05, 0.1) is 23.8 Å². The average Bonchev–Trinajstić information content (AvgIpc) is 2.70. The monoisotopic (exact) mass is 441 g/mol. The van der Waals surface area contributed by atoms with Gasteiger partial charge in [0.15, 0.2) is 0 Å². The zero-order valence-corrected chi connectivity index (χ0v) is 18.3. The number of ether oxygens (including phenoxy) is 1. The first kappa shape index (κ1) is 22.8. The van der Waals surface area contributed by atoms with Crippen molar-refractivity contribution in [3.63, 3.8) is 0 Å². The molecule has 1 heterocycles. The number of hydrogen-bond acceptors (Lipinski definition) is 4. The molecule has 1 aromatic heterocycles. The maximum absolute atomic E-state index is 5.88. The number of methoxy groups -OCH3 is 1. The van der Waals surface area contributed by atoms with Gasteiger partial charge >= 0.3 is 0 Å². The van der Waals surface area contributed by atoms with Gasteiger partial charge in [0, 0.05) is 42.2 Å². The molecule has 0 spiro atoms. The van der Waals surface area contributed by atoms with Gasteiger partial charge in [-0.25, -0.2) is 4.98 Å². The van der Waals surface area contributed by atoms with Gasteiger partial charge in [0.1, 0.15) is 5.75 Å². The van der Waals surface area contributed by atoms with Crippen molar-refractivity contribution in [3.8, 4) is 5.75 Å². The van der Waals surface area contributed by atoms with Gasteiger partial charge in [0.2, 0.25) is 0 Å². The Kier molecular flexibility index (Phi) is 9.39. The van der Waals surface area contributed by atoms with Crippen LogP contribution < -0.4 is 10.1 Å². The molecule has 0 aliphatic carbocycles. The third-order valence-corrected chi connectivity index (χ3v) is 4.98. The van der Waals surface area contributed by atoms with Crippen molar-refractivity contribution in [3.05, 3.63) is 42.5 Å². The summed E-state index contributed by atoms with van der Waals surface area (Å²) in [5, 5.41) is 5.83. The largest absolute Gasteiger partial charge is 0.497 e. The van der Waals surface area contributed by atoms with Crippen LogP contribution in [0.15, 0.2) is 42.5 Å². The molecule has 3 aromatic rings. The molecule has 0 saturated carbocycles. The molecule has 0 bridgehead atoms. The number of fused-ring (bicyclic) bond motifs is 2. The number of alkyl halides is 2. The van der Waals surface area contributed by atoms with Gasteiger partial charge in [0.25, 0.3) is 0 Å². The van der Waals surface area contributed by atoms with Crippen LogP contribution in [0.5, 0.6) is 5.75 Å². The van der Waals surface area contributed by atoms with Crippen molar-refractivity contribution >= 4 is 63.1 Å². The zero-order chi connectivity index (χ0) is 19.1. The number of anilines is 1. The molecule has 0 amide bonds. The van der Waals surface area contributed by atoms with E-state index in [1.807, 2.05) is 36.4 Å². The lowest BCUT2D eigenvalue weighted by Gasteiger charge is -2.20. The highest BCUT2D eigenvalue weighted by molar-refractivity contribution is 6.18. The molecule has 1 N–H and O–H groups in total. The highest BCUT2D eigenvalue weighted by atomic mass is 35.5. The molecule has 0 aliphatic rings. The molecular weight excluding hydrogens is 417 g/mol. The van der Waals surface area contributed by atoms with E-state index in [-0.39, 0.29) is 12.4 Å². The second-order valence-corrected chi connectivity index (χ2v) is 7.14. The summed E-state index contributed by atoms with van der Waals surface area (Å²) in [6, 6.07) is 14.2. The van der Waals surface area contributed by atoms with Crippen LogP contribution in [0.1, 0.15) is 6.42 Å². The maximum atomic E-state index is 5.88. The van der Waals surface area contributed by atoms with Crippen molar-refractivity contribution in [2.45, 2.75) is 6.42 Å². The summed E-state index contributed by atoms with van der Waals surface area (Å²) in [6.45, 7) is 3.57. The molecule has 0 aliphatic heterocycles. The van der Waals surface area contributed by atoms with Gasteiger partial charge in [-0.3, -0.25) is 0 Å². The van der Waals surface area contributed by atoms with Crippen LogP contribution in [0, 0.1) is 0 Å². The Morgan fingerprint density at radius 2 is 1.68 bits per heavy atom. The Hall–Kier alpha value is -1.46. The molecule has 4 nitrogen and oxygen atoms in total. The van der Waals surface area contributed by atoms with Crippen LogP contribution >= 0.6 is 35.6 Å². The van der Waals surface area contributed by atoms with E-state index in [4.69, 9.17) is 32.9 Å². The molecule has 3 rings (SSSR count). The predicted molar refractivity (Wildman–Crippen MR) is 124 cm³/mol. The lowest BCUT2D eigenvalue weighted by molar-refractivity contribution is 0.306. The Morgan fingerprint density at radius 3 is 2.39 bits per heavy atom. The quantitative estimate of drug-likeness (QED) is 0.259. The summed E-state index contributed by atoms with van der Waals surface area (Å²) < 4.78 is 5.41. The molecule has 28 heavy (non-hydrogen) atoms. The number of nitrogens with zero attached hydrogens (tertiary/aromatic N) is 2. The van der Waals surface area contributed by atoms with E-state index < -0.39 is 0 Å². The number of nitrogens with one attached hydrogen (secondary N) is 1. The van der Waals surface area contributed by atoms with E-state index in [2.05, 4.69) is 16.3 Å². The molecule has 0 atom stereocenters. The minimum absolute atomic E-state index is 0. The number of para-hydroxylation sites is 1. The Morgan fingerprint density at radius 1 is 0.964 bits per heavy atom. The molecule has 2 aromatic carbocycles. The van der Waals surface area contributed by atoms with E-state index in [1.54, 1.807) is 7.11 Å². The summed E-state index contributed by atoms with van der Waals surface area (Å²) in [5.74, 6) is 2.09. The van der Waals surface area contributed by atoms with Crippen LogP contribution in [0.25, 0.3) is 21.8 Å². The van der Waals surface area contributed by atoms with Crippen molar-refractivity contribution in [1.29, 1.82) is 0 Å².